The zero-order chi connectivity index (χ0) is 12.4. The maximum Gasteiger partial charge on any atom is 0.0621 e. The van der Waals surface area contributed by atoms with Gasteiger partial charge in [-0.15, -0.1) is 0 Å². The van der Waals surface area contributed by atoms with Gasteiger partial charge in [0.2, 0.25) is 0 Å². The van der Waals surface area contributed by atoms with E-state index in [1.165, 1.54) is 37.3 Å². The molecule has 0 bridgehead atoms. The normalized spacial score (nSPS) is 20.4. The van der Waals surface area contributed by atoms with Crippen LogP contribution in [0.3, 0.4) is 0 Å². The van der Waals surface area contributed by atoms with Crippen LogP contribution in [-0.2, 0) is 0 Å². The number of hydrogen-bond acceptors (Lipinski definition) is 4. The first-order valence-corrected chi connectivity index (χ1v) is 6.95. The molecule has 0 unspecified atom stereocenters. The SMILES string of the molecule is Nc1ccc(N2CCCC2)cc1N1CCNCC1. The third-order valence-corrected chi connectivity index (χ3v) is 3.94. The van der Waals surface area contributed by atoms with Crippen molar-refractivity contribution in [1.29, 1.82) is 0 Å². The smallest absolute Gasteiger partial charge is 0.0621 e. The number of rotatable bonds is 2. The quantitative estimate of drug-likeness (QED) is 0.772. The third-order valence-electron chi connectivity index (χ3n) is 3.94. The van der Waals surface area contributed by atoms with Crippen LogP contribution in [0, 0.1) is 0 Å². The lowest BCUT2D eigenvalue weighted by atomic mass is 10.2. The van der Waals surface area contributed by atoms with Crippen LogP contribution >= 0.6 is 0 Å². The van der Waals surface area contributed by atoms with Crippen molar-refractivity contribution in [2.75, 3.05) is 54.8 Å². The summed E-state index contributed by atoms with van der Waals surface area (Å²) in [6.45, 7) is 6.57. The molecule has 0 spiro atoms. The van der Waals surface area contributed by atoms with Crippen LogP contribution < -0.4 is 20.9 Å². The van der Waals surface area contributed by atoms with Gasteiger partial charge in [-0.2, -0.15) is 0 Å². The maximum absolute atomic E-state index is 6.14. The Kier molecular flexibility index (Phi) is 3.28. The Balaban J connectivity index is 1.85. The summed E-state index contributed by atoms with van der Waals surface area (Å²) >= 11 is 0. The highest BCUT2D eigenvalue weighted by molar-refractivity contribution is 5.73. The van der Waals surface area contributed by atoms with E-state index >= 15 is 0 Å². The summed E-state index contributed by atoms with van der Waals surface area (Å²) in [6.07, 6.45) is 2.63. The van der Waals surface area contributed by atoms with Crippen molar-refractivity contribution in [2.24, 2.45) is 0 Å². The van der Waals surface area contributed by atoms with Crippen LogP contribution in [0.4, 0.5) is 17.1 Å². The Hall–Kier alpha value is -1.42. The van der Waals surface area contributed by atoms with E-state index in [9.17, 15) is 0 Å². The topological polar surface area (TPSA) is 44.5 Å². The fourth-order valence-electron chi connectivity index (χ4n) is 2.88. The number of piperazine rings is 1. The Morgan fingerprint density at radius 1 is 0.944 bits per heavy atom. The van der Waals surface area contributed by atoms with E-state index in [0.717, 1.165) is 31.9 Å². The van der Waals surface area contributed by atoms with Gasteiger partial charge in [-0.05, 0) is 31.0 Å². The number of nitrogens with zero attached hydrogens (tertiary/aromatic N) is 2. The number of benzene rings is 1. The number of hydrogen-bond donors (Lipinski definition) is 2. The van der Waals surface area contributed by atoms with Crippen molar-refractivity contribution in [3.05, 3.63) is 18.2 Å². The molecule has 98 valence electrons. The predicted octanol–water partition coefficient (Wildman–Crippen LogP) is 1.28. The standard InChI is InChI=1S/C14H22N4/c15-13-4-3-12(17-7-1-2-8-17)11-14(13)18-9-5-16-6-10-18/h3-4,11,16H,1-2,5-10,15H2. The largest absolute Gasteiger partial charge is 0.397 e. The van der Waals surface area contributed by atoms with E-state index < -0.39 is 0 Å². The van der Waals surface area contributed by atoms with Gasteiger partial charge in [0.15, 0.2) is 0 Å². The lowest BCUT2D eigenvalue weighted by molar-refractivity contribution is 0.589. The van der Waals surface area contributed by atoms with Crippen molar-refractivity contribution in [3.63, 3.8) is 0 Å². The van der Waals surface area contributed by atoms with Gasteiger partial charge in [-0.25, -0.2) is 0 Å². The van der Waals surface area contributed by atoms with Crippen LogP contribution in [0.5, 0.6) is 0 Å². The Morgan fingerprint density at radius 2 is 1.67 bits per heavy atom. The average Bonchev–Trinajstić information content (AvgIpc) is 2.94. The lowest BCUT2D eigenvalue weighted by Crippen LogP contribution is -2.43. The number of nitrogens with one attached hydrogen (secondary N) is 1. The van der Waals surface area contributed by atoms with E-state index in [1.54, 1.807) is 0 Å². The van der Waals surface area contributed by atoms with Crippen molar-refractivity contribution in [3.8, 4) is 0 Å². The molecule has 0 aromatic heterocycles. The molecular weight excluding hydrogens is 224 g/mol. The molecule has 0 atom stereocenters. The molecule has 1 aromatic rings. The molecular formula is C14H22N4. The molecule has 0 amide bonds. The van der Waals surface area contributed by atoms with Crippen LogP contribution in [0.1, 0.15) is 12.8 Å². The van der Waals surface area contributed by atoms with Crippen LogP contribution in [-0.4, -0.2) is 39.3 Å². The molecule has 2 aliphatic heterocycles. The molecule has 2 fully saturated rings. The van der Waals surface area contributed by atoms with Gasteiger partial charge in [0.25, 0.3) is 0 Å². The van der Waals surface area contributed by atoms with E-state index in [-0.39, 0.29) is 0 Å². The first-order chi connectivity index (χ1) is 8.84. The molecule has 1 aromatic carbocycles. The summed E-state index contributed by atoms with van der Waals surface area (Å²) in [5, 5.41) is 3.38. The van der Waals surface area contributed by atoms with Crippen LogP contribution in [0.15, 0.2) is 18.2 Å². The van der Waals surface area contributed by atoms with Gasteiger partial charge in [-0.1, -0.05) is 0 Å². The molecule has 4 heteroatoms. The van der Waals surface area contributed by atoms with Gasteiger partial charge in [0.1, 0.15) is 0 Å². The van der Waals surface area contributed by atoms with E-state index in [2.05, 4.69) is 33.3 Å². The Morgan fingerprint density at radius 3 is 2.39 bits per heavy atom. The molecule has 2 saturated heterocycles. The van der Waals surface area contributed by atoms with Crippen LogP contribution in [0.25, 0.3) is 0 Å². The second kappa shape index (κ2) is 5.06. The summed E-state index contributed by atoms with van der Waals surface area (Å²) in [5.41, 5.74) is 9.58. The van der Waals surface area contributed by atoms with Crippen molar-refractivity contribution >= 4 is 17.1 Å². The minimum Gasteiger partial charge on any atom is -0.397 e. The maximum atomic E-state index is 6.14. The molecule has 0 aliphatic carbocycles. The molecule has 3 N–H and O–H groups in total. The summed E-state index contributed by atoms with van der Waals surface area (Å²) in [7, 11) is 0. The number of nitrogen functional groups attached to an aromatic ring is 1. The fourth-order valence-corrected chi connectivity index (χ4v) is 2.88. The average molecular weight is 246 g/mol. The van der Waals surface area contributed by atoms with E-state index in [0.29, 0.717) is 0 Å². The molecule has 2 heterocycles. The summed E-state index contributed by atoms with van der Waals surface area (Å²) in [4.78, 5) is 4.86. The monoisotopic (exact) mass is 246 g/mol. The Labute approximate surface area is 109 Å². The zero-order valence-corrected chi connectivity index (χ0v) is 10.9. The molecule has 3 rings (SSSR count). The Bertz CT molecular complexity index is 406. The minimum atomic E-state index is 0.903. The van der Waals surface area contributed by atoms with Gasteiger partial charge in [-0.3, -0.25) is 0 Å². The highest BCUT2D eigenvalue weighted by atomic mass is 15.2. The lowest BCUT2D eigenvalue weighted by Gasteiger charge is -2.31. The van der Waals surface area contributed by atoms with Crippen molar-refractivity contribution in [1.82, 2.24) is 5.32 Å². The summed E-state index contributed by atoms with van der Waals surface area (Å²) < 4.78 is 0. The second-order valence-corrected chi connectivity index (χ2v) is 5.17. The fraction of sp³-hybridized carbons (Fsp3) is 0.571. The van der Waals surface area contributed by atoms with Gasteiger partial charge in [0.05, 0.1) is 11.4 Å². The van der Waals surface area contributed by atoms with Gasteiger partial charge in [0, 0.05) is 45.0 Å². The second-order valence-electron chi connectivity index (χ2n) is 5.17. The van der Waals surface area contributed by atoms with Gasteiger partial charge < -0.3 is 20.9 Å². The van der Waals surface area contributed by atoms with Gasteiger partial charge >= 0.3 is 0 Å². The molecule has 4 nitrogen and oxygen atoms in total. The molecule has 2 aliphatic rings. The minimum absolute atomic E-state index is 0.903. The van der Waals surface area contributed by atoms with E-state index in [4.69, 9.17) is 5.73 Å². The van der Waals surface area contributed by atoms with E-state index in [1.807, 2.05) is 0 Å². The summed E-state index contributed by atoms with van der Waals surface area (Å²) in [5.74, 6) is 0. The first-order valence-electron chi connectivity index (χ1n) is 6.95. The van der Waals surface area contributed by atoms with Crippen molar-refractivity contribution in [2.45, 2.75) is 12.8 Å². The number of nitrogens with two attached hydrogens (primary N) is 1. The molecule has 18 heavy (non-hydrogen) atoms. The molecule has 0 radical (unpaired) electrons. The van der Waals surface area contributed by atoms with Crippen molar-refractivity contribution < 1.29 is 0 Å². The molecule has 0 saturated carbocycles. The van der Waals surface area contributed by atoms with Crippen LogP contribution in [0.2, 0.25) is 0 Å². The summed E-state index contributed by atoms with van der Waals surface area (Å²) in [6, 6.07) is 6.49. The first kappa shape index (κ1) is 11.7. The predicted molar refractivity (Wildman–Crippen MR) is 77.4 cm³/mol. The number of anilines is 3. The third kappa shape index (κ3) is 2.25. The highest BCUT2D eigenvalue weighted by Crippen LogP contribution is 2.30. The zero-order valence-electron chi connectivity index (χ0n) is 10.9. The highest BCUT2D eigenvalue weighted by Gasteiger charge is 2.17.